The summed E-state index contributed by atoms with van der Waals surface area (Å²) in [5.74, 6) is 0. The van der Waals surface area contributed by atoms with E-state index < -0.39 is 6.18 Å². The van der Waals surface area contributed by atoms with Crippen LogP contribution in [-0.2, 0) is 26.2 Å². The Balaban J connectivity index is -0.0000000506. The molecule has 0 saturated carbocycles. The zero-order valence-electron chi connectivity index (χ0n) is 7.73. The second kappa shape index (κ2) is 12.0. The van der Waals surface area contributed by atoms with E-state index in [-0.39, 0.29) is 41.1 Å². The Hall–Kier alpha value is 0.0231. The molecule has 0 aromatic heterocycles. The number of hydrogen-bond donors (Lipinski definition) is 0. The largest absolute Gasteiger partial charge is 4.00 e. The van der Waals surface area contributed by atoms with Gasteiger partial charge in [-0.2, -0.15) is 18.2 Å². The van der Waals surface area contributed by atoms with Gasteiger partial charge in [-0.05, 0) is 0 Å². The van der Waals surface area contributed by atoms with Gasteiger partial charge in [-0.3, -0.25) is 0 Å². The normalized spacial score (nSPS) is 7.69. The van der Waals surface area contributed by atoms with Crippen molar-refractivity contribution in [3.05, 3.63) is 52.1 Å². The van der Waals surface area contributed by atoms with E-state index in [0.717, 1.165) is 0 Å². The van der Waals surface area contributed by atoms with Crippen molar-refractivity contribution < 1.29 is 39.4 Å². The van der Waals surface area contributed by atoms with E-state index >= 15 is 0 Å². The van der Waals surface area contributed by atoms with Gasteiger partial charge in [0.05, 0.1) is 0 Å². The fraction of sp³-hybridized carbons (Fsp3) is 0.111. The van der Waals surface area contributed by atoms with Crippen LogP contribution in [0.5, 0.6) is 0 Å². The minimum atomic E-state index is -4.25. The zero-order chi connectivity index (χ0) is 8.04. The summed E-state index contributed by atoms with van der Waals surface area (Å²) < 4.78 is 30.7. The van der Waals surface area contributed by atoms with Gasteiger partial charge in [-0.25, -0.2) is 32.2 Å². The first-order valence-corrected chi connectivity index (χ1v) is 2.59. The Bertz CT molecular complexity index is 121. The van der Waals surface area contributed by atoms with E-state index in [1.165, 1.54) is 0 Å². The van der Waals surface area contributed by atoms with Gasteiger partial charge in [-0.1, -0.05) is 0 Å². The average molecular weight is 269 g/mol. The summed E-state index contributed by atoms with van der Waals surface area (Å²) in [7, 11) is 0. The third kappa shape index (κ3) is 47.9. The molecule has 0 aliphatic carbocycles. The minimum absolute atomic E-state index is 0. The zero-order valence-corrected chi connectivity index (χ0v) is 10.2. The summed E-state index contributed by atoms with van der Waals surface area (Å²) in [5.41, 5.74) is 0. The molecule has 0 fully saturated rings. The van der Waals surface area contributed by atoms with Crippen LogP contribution in [0, 0.1) is 21.8 Å². The fourth-order valence-electron chi connectivity index (χ4n) is 0.321. The molecule has 0 unspecified atom stereocenters. The van der Waals surface area contributed by atoms with Crippen LogP contribution in [-0.4, -0.2) is 6.18 Å². The van der Waals surface area contributed by atoms with Gasteiger partial charge in [0.15, 0.2) is 0 Å². The van der Waals surface area contributed by atoms with E-state index in [2.05, 4.69) is 0 Å². The Morgan fingerprint density at radius 2 is 1.23 bits per heavy atom. The van der Waals surface area contributed by atoms with Crippen LogP contribution in [0.1, 0.15) is 0 Å². The molecule has 0 nitrogen and oxygen atoms in total. The maximum atomic E-state index is 10.2. The summed E-state index contributed by atoms with van der Waals surface area (Å²) in [5, 5.41) is 0. The second-order valence-corrected chi connectivity index (χ2v) is 1.58. The number of alkyl halides is 3. The number of halogens is 3. The molecule has 0 heterocycles. The smallest absolute Gasteiger partial charge is 0.358 e. The molecule has 0 aliphatic rings. The summed E-state index contributed by atoms with van der Waals surface area (Å²) in [6, 6.07) is 10.0. The van der Waals surface area contributed by atoms with Crippen molar-refractivity contribution in [3.8, 4) is 0 Å². The summed E-state index contributed by atoms with van der Waals surface area (Å²) in [6.45, 7) is 1.77. The molecular weight excluding hydrogens is 256 g/mol. The van der Waals surface area contributed by atoms with Crippen molar-refractivity contribution in [2.75, 3.05) is 0 Å². The fourth-order valence-corrected chi connectivity index (χ4v) is 0.321. The van der Waals surface area contributed by atoms with Crippen LogP contribution in [0.15, 0.2) is 30.3 Å². The van der Waals surface area contributed by atoms with Crippen molar-refractivity contribution >= 4 is 0 Å². The van der Waals surface area contributed by atoms with Gasteiger partial charge >= 0.3 is 26.2 Å². The maximum Gasteiger partial charge on any atom is 4.00 e. The molecule has 1 rings (SSSR count). The first-order chi connectivity index (χ1) is 4.50. The van der Waals surface area contributed by atoms with Gasteiger partial charge in [0.2, 0.25) is 0 Å². The van der Waals surface area contributed by atoms with Crippen LogP contribution in [0.2, 0.25) is 0 Å². The van der Waals surface area contributed by atoms with Crippen LogP contribution in [0.4, 0.5) is 13.2 Å². The summed E-state index contributed by atoms with van der Waals surface area (Å²) in [4.78, 5) is 0. The monoisotopic (exact) mass is 268 g/mol. The van der Waals surface area contributed by atoms with E-state index in [0.29, 0.717) is 0 Å². The van der Waals surface area contributed by atoms with Crippen molar-refractivity contribution in [2.45, 2.75) is 6.18 Å². The predicted octanol–water partition coefficient (Wildman–Crippen LogP) is 3.69. The SMILES string of the molecule is [CH2-]C(F)(F)F.[CH3-].[CH3-].[Zr+4].c1cc[cH-]c1. The average Bonchev–Trinajstić information content (AvgIpc) is 2.07. The summed E-state index contributed by atoms with van der Waals surface area (Å²) >= 11 is 0. The van der Waals surface area contributed by atoms with Crippen LogP contribution >= 0.6 is 0 Å². The molecule has 0 atom stereocenters. The molecule has 0 aliphatic heterocycles. The summed E-state index contributed by atoms with van der Waals surface area (Å²) in [6.07, 6.45) is -4.25. The van der Waals surface area contributed by atoms with E-state index in [1.807, 2.05) is 30.3 Å². The number of hydrogen-bond acceptors (Lipinski definition) is 0. The molecule has 0 spiro atoms. The Morgan fingerprint density at radius 1 is 1.00 bits per heavy atom. The van der Waals surface area contributed by atoms with Gasteiger partial charge < -0.3 is 14.9 Å². The second-order valence-electron chi connectivity index (χ2n) is 1.58. The van der Waals surface area contributed by atoms with Crippen LogP contribution in [0.25, 0.3) is 0 Å². The Kier molecular flexibility index (Phi) is 21.4. The van der Waals surface area contributed by atoms with E-state index in [1.54, 1.807) is 6.92 Å². The maximum absolute atomic E-state index is 10.2. The third-order valence-electron chi connectivity index (χ3n) is 0.556. The molecule has 13 heavy (non-hydrogen) atoms. The Labute approximate surface area is 97.6 Å². The van der Waals surface area contributed by atoms with Gasteiger partial charge in [-0.15, -0.1) is 0 Å². The van der Waals surface area contributed by atoms with Crippen LogP contribution < -0.4 is 0 Å². The molecule has 1 aromatic rings. The standard InChI is InChI=1S/C5H5.C2H2F3.2CH3.Zr/c1-2-4-5-3-1;1-2(3,4)5;;;/h1-5H;1H2;2*1H3;/q4*-1;+4. The predicted molar refractivity (Wildman–Crippen MR) is 46.3 cm³/mol. The molecule has 0 N–H and O–H groups in total. The Morgan fingerprint density at radius 3 is 1.31 bits per heavy atom. The van der Waals surface area contributed by atoms with Crippen molar-refractivity contribution in [3.63, 3.8) is 0 Å². The molecule has 0 radical (unpaired) electrons. The van der Waals surface area contributed by atoms with Crippen molar-refractivity contribution in [1.82, 2.24) is 0 Å². The first kappa shape index (κ1) is 23.1. The molecule has 0 bridgehead atoms. The van der Waals surface area contributed by atoms with E-state index in [4.69, 9.17) is 0 Å². The van der Waals surface area contributed by atoms with Gasteiger partial charge in [0.25, 0.3) is 6.18 Å². The minimum Gasteiger partial charge on any atom is -0.358 e. The van der Waals surface area contributed by atoms with Gasteiger partial charge in [0, 0.05) is 0 Å². The number of rotatable bonds is 0. The molecule has 4 heteroatoms. The van der Waals surface area contributed by atoms with Gasteiger partial charge in [0.1, 0.15) is 0 Å². The molecule has 1 aromatic carbocycles. The van der Waals surface area contributed by atoms with Crippen LogP contribution in [0.3, 0.4) is 0 Å². The topological polar surface area (TPSA) is 0 Å². The van der Waals surface area contributed by atoms with E-state index in [9.17, 15) is 13.2 Å². The van der Waals surface area contributed by atoms with Crippen molar-refractivity contribution in [1.29, 1.82) is 0 Å². The first-order valence-electron chi connectivity index (χ1n) is 2.59. The quantitative estimate of drug-likeness (QED) is 0.630. The molecular formula is C9H13F3Zr. The third-order valence-corrected chi connectivity index (χ3v) is 0.556. The molecule has 0 saturated heterocycles. The molecule has 0 amide bonds. The molecule has 74 valence electrons. The van der Waals surface area contributed by atoms with Crippen molar-refractivity contribution in [2.24, 2.45) is 0 Å².